The zero-order chi connectivity index (χ0) is 13.9. The fourth-order valence-electron chi connectivity index (χ4n) is 1.80. The first-order valence-corrected chi connectivity index (χ1v) is 6.29. The van der Waals surface area contributed by atoms with Gasteiger partial charge in [-0.15, -0.1) is 0 Å². The molecule has 0 amide bonds. The first-order chi connectivity index (χ1) is 8.32. The second-order valence-corrected chi connectivity index (χ2v) is 5.40. The lowest BCUT2D eigenvalue weighted by Gasteiger charge is -2.15. The van der Waals surface area contributed by atoms with Gasteiger partial charge in [0.1, 0.15) is 0 Å². The minimum absolute atomic E-state index is 0.143. The van der Waals surface area contributed by atoms with Crippen molar-refractivity contribution < 1.29 is 14.8 Å². The number of carboxylic acids is 1. The topological polar surface area (TPSA) is 80.4 Å². The third-order valence-electron chi connectivity index (χ3n) is 2.57. The maximum absolute atomic E-state index is 11.3. The molecule has 1 rings (SSSR count). The number of hydrogen-bond acceptors (Lipinski definition) is 3. The average Bonchev–Trinajstić information content (AvgIpc) is 2.24. The van der Waals surface area contributed by atoms with Crippen molar-refractivity contribution >= 4 is 27.6 Å². The van der Waals surface area contributed by atoms with Crippen LogP contribution in [0.15, 0.2) is 22.7 Å². The molecule has 0 aromatic heterocycles. The molecule has 0 bridgehead atoms. The van der Waals surface area contributed by atoms with Crippen LogP contribution in [-0.4, -0.2) is 16.0 Å². The summed E-state index contributed by atoms with van der Waals surface area (Å²) < 4.78 is 0.637. The van der Waals surface area contributed by atoms with E-state index in [0.29, 0.717) is 10.9 Å². The third-order valence-corrected chi connectivity index (χ3v) is 3.06. The van der Waals surface area contributed by atoms with Crippen LogP contribution < -0.4 is 0 Å². The molecule has 0 saturated carbocycles. The quantitative estimate of drug-likeness (QED) is 0.665. The molecular formula is C12H14BrNO4. The lowest BCUT2D eigenvalue weighted by molar-refractivity contribution is -0.385. The zero-order valence-corrected chi connectivity index (χ0v) is 11.7. The van der Waals surface area contributed by atoms with E-state index in [1.165, 1.54) is 18.2 Å². The van der Waals surface area contributed by atoms with E-state index >= 15 is 0 Å². The van der Waals surface area contributed by atoms with Gasteiger partial charge in [-0.1, -0.05) is 29.8 Å². The molecule has 1 N–H and O–H groups in total. The largest absolute Gasteiger partial charge is 0.481 e. The Morgan fingerprint density at radius 2 is 2.11 bits per heavy atom. The lowest BCUT2D eigenvalue weighted by Crippen LogP contribution is -2.15. The number of hydrogen-bond donors (Lipinski definition) is 1. The lowest BCUT2D eigenvalue weighted by atomic mass is 9.89. The second kappa shape index (κ2) is 5.95. The molecule has 0 fully saturated rings. The van der Waals surface area contributed by atoms with Gasteiger partial charge in [-0.3, -0.25) is 14.9 Å². The number of nitrogens with zero attached hydrogens (tertiary/aromatic N) is 1. The smallest absolute Gasteiger partial charge is 0.311 e. The first-order valence-electron chi connectivity index (χ1n) is 5.49. The molecule has 98 valence electrons. The van der Waals surface area contributed by atoms with E-state index in [1.54, 1.807) is 0 Å². The third kappa shape index (κ3) is 3.53. The Bertz CT molecular complexity index is 473. The van der Waals surface area contributed by atoms with Gasteiger partial charge in [-0.2, -0.15) is 0 Å². The van der Waals surface area contributed by atoms with Crippen molar-refractivity contribution in [2.45, 2.75) is 26.2 Å². The molecule has 18 heavy (non-hydrogen) atoms. The molecule has 1 aromatic carbocycles. The fraction of sp³-hybridized carbons (Fsp3) is 0.417. The SMILES string of the molecule is CC(C)CC(C(=O)O)c1cc(Br)ccc1[N+](=O)[O-]. The highest BCUT2D eigenvalue weighted by atomic mass is 79.9. The van der Waals surface area contributed by atoms with Crippen LogP contribution in [0.4, 0.5) is 5.69 Å². The highest BCUT2D eigenvalue weighted by Crippen LogP contribution is 2.33. The minimum Gasteiger partial charge on any atom is -0.481 e. The van der Waals surface area contributed by atoms with Crippen LogP contribution in [0.3, 0.4) is 0 Å². The summed E-state index contributed by atoms with van der Waals surface area (Å²) in [4.78, 5) is 21.7. The summed E-state index contributed by atoms with van der Waals surface area (Å²) in [6, 6.07) is 4.38. The van der Waals surface area contributed by atoms with Crippen LogP contribution in [0.1, 0.15) is 31.7 Å². The number of benzene rings is 1. The van der Waals surface area contributed by atoms with Crippen LogP contribution in [-0.2, 0) is 4.79 Å². The van der Waals surface area contributed by atoms with Gasteiger partial charge in [0.15, 0.2) is 0 Å². The van der Waals surface area contributed by atoms with Crippen molar-refractivity contribution in [1.82, 2.24) is 0 Å². The molecule has 0 spiro atoms. The summed E-state index contributed by atoms with van der Waals surface area (Å²) in [6.07, 6.45) is 0.368. The predicted molar refractivity (Wildman–Crippen MR) is 70.6 cm³/mol. The van der Waals surface area contributed by atoms with E-state index in [0.717, 1.165) is 0 Å². The molecule has 1 aromatic rings. The van der Waals surface area contributed by atoms with Crippen LogP contribution in [0.5, 0.6) is 0 Å². The second-order valence-electron chi connectivity index (χ2n) is 4.48. The zero-order valence-electron chi connectivity index (χ0n) is 10.1. The molecule has 1 atom stereocenters. The Labute approximate surface area is 113 Å². The van der Waals surface area contributed by atoms with Gasteiger partial charge < -0.3 is 5.11 Å². The summed E-state index contributed by atoms with van der Waals surface area (Å²) in [5, 5.41) is 20.2. The summed E-state index contributed by atoms with van der Waals surface area (Å²) in [5.74, 6) is -1.75. The van der Waals surface area contributed by atoms with Crippen molar-refractivity contribution in [2.24, 2.45) is 5.92 Å². The number of rotatable bonds is 5. The van der Waals surface area contributed by atoms with E-state index in [2.05, 4.69) is 15.9 Å². The van der Waals surface area contributed by atoms with E-state index in [4.69, 9.17) is 0 Å². The van der Waals surface area contributed by atoms with Gasteiger partial charge in [0.05, 0.1) is 10.8 Å². The molecule has 0 heterocycles. The Morgan fingerprint density at radius 3 is 2.56 bits per heavy atom. The normalized spacial score (nSPS) is 12.4. The number of carboxylic acid groups (broad SMARTS) is 1. The molecular weight excluding hydrogens is 302 g/mol. The number of halogens is 1. The summed E-state index contributed by atoms with van der Waals surface area (Å²) >= 11 is 3.21. The number of carbonyl (C=O) groups is 1. The van der Waals surface area contributed by atoms with Crippen molar-refractivity contribution in [3.63, 3.8) is 0 Å². The van der Waals surface area contributed by atoms with E-state index in [-0.39, 0.29) is 17.2 Å². The summed E-state index contributed by atoms with van der Waals surface area (Å²) in [5.41, 5.74) is 0.0989. The van der Waals surface area contributed by atoms with Gasteiger partial charge in [0.2, 0.25) is 0 Å². The van der Waals surface area contributed by atoms with Crippen LogP contribution in [0, 0.1) is 16.0 Å². The van der Waals surface area contributed by atoms with Gasteiger partial charge in [0.25, 0.3) is 5.69 Å². The highest BCUT2D eigenvalue weighted by molar-refractivity contribution is 9.10. The summed E-state index contributed by atoms with van der Waals surface area (Å²) in [6.45, 7) is 3.78. The Morgan fingerprint density at radius 1 is 1.50 bits per heavy atom. The molecule has 5 nitrogen and oxygen atoms in total. The maximum atomic E-state index is 11.3. The fourth-order valence-corrected chi connectivity index (χ4v) is 2.18. The van der Waals surface area contributed by atoms with Crippen molar-refractivity contribution in [3.05, 3.63) is 38.3 Å². The van der Waals surface area contributed by atoms with Crippen LogP contribution >= 0.6 is 15.9 Å². The van der Waals surface area contributed by atoms with E-state index in [9.17, 15) is 20.0 Å². The van der Waals surface area contributed by atoms with Crippen molar-refractivity contribution in [3.8, 4) is 0 Å². The number of nitro groups is 1. The number of nitro benzene ring substituents is 1. The predicted octanol–water partition coefficient (Wildman–Crippen LogP) is 3.57. The molecule has 0 radical (unpaired) electrons. The highest BCUT2D eigenvalue weighted by Gasteiger charge is 2.28. The van der Waals surface area contributed by atoms with Gasteiger partial charge in [-0.05, 0) is 24.5 Å². The average molecular weight is 316 g/mol. The Balaban J connectivity index is 3.29. The van der Waals surface area contributed by atoms with Gasteiger partial charge in [-0.25, -0.2) is 0 Å². The van der Waals surface area contributed by atoms with Gasteiger partial charge >= 0.3 is 5.97 Å². The number of aliphatic carboxylic acids is 1. The minimum atomic E-state index is -1.04. The first kappa shape index (κ1) is 14.6. The molecule has 1 unspecified atom stereocenters. The molecule has 0 saturated heterocycles. The molecule has 6 heteroatoms. The van der Waals surface area contributed by atoms with E-state index in [1.807, 2.05) is 13.8 Å². The monoisotopic (exact) mass is 315 g/mol. The van der Waals surface area contributed by atoms with Gasteiger partial charge in [0, 0.05) is 16.1 Å². The molecule has 0 aliphatic carbocycles. The summed E-state index contributed by atoms with van der Waals surface area (Å²) in [7, 11) is 0. The Kier molecular flexibility index (Phi) is 4.84. The molecule has 0 aliphatic heterocycles. The van der Waals surface area contributed by atoms with Crippen molar-refractivity contribution in [2.75, 3.05) is 0 Å². The van der Waals surface area contributed by atoms with Crippen LogP contribution in [0.25, 0.3) is 0 Å². The van der Waals surface area contributed by atoms with E-state index < -0.39 is 16.8 Å². The maximum Gasteiger partial charge on any atom is 0.311 e. The van der Waals surface area contributed by atoms with Crippen LogP contribution in [0.2, 0.25) is 0 Å². The van der Waals surface area contributed by atoms with Crippen molar-refractivity contribution in [1.29, 1.82) is 0 Å². The Hall–Kier alpha value is -1.43. The standard InChI is InChI=1S/C12H14BrNO4/c1-7(2)5-10(12(15)16)9-6-8(13)3-4-11(9)14(17)18/h3-4,6-7,10H,5H2,1-2H3,(H,15,16). The molecule has 0 aliphatic rings.